The molecule has 3 aromatic rings. The average Bonchev–Trinajstić information content (AvgIpc) is 3.44. The number of hydrogen-bond acceptors (Lipinski definition) is 7. The van der Waals surface area contributed by atoms with Crippen molar-refractivity contribution in [2.24, 2.45) is 0 Å². The molecule has 1 aliphatic heterocycles. The van der Waals surface area contributed by atoms with Gasteiger partial charge in [0, 0.05) is 25.3 Å². The van der Waals surface area contributed by atoms with Gasteiger partial charge < -0.3 is 14.5 Å². The molecule has 0 spiro atoms. The number of ether oxygens (including phenoxy) is 1. The number of benzene rings is 1. The van der Waals surface area contributed by atoms with Crippen LogP contribution in [-0.2, 0) is 0 Å². The zero-order valence-electron chi connectivity index (χ0n) is 16.3. The van der Waals surface area contributed by atoms with Gasteiger partial charge in [-0.05, 0) is 56.3 Å². The summed E-state index contributed by atoms with van der Waals surface area (Å²) in [4.78, 5) is 12.2. The summed E-state index contributed by atoms with van der Waals surface area (Å²) in [6.45, 7) is 3.97. The van der Waals surface area contributed by atoms with Gasteiger partial charge in [-0.1, -0.05) is 0 Å². The van der Waals surface area contributed by atoms with Crippen LogP contribution >= 0.6 is 0 Å². The molecule has 3 heterocycles. The molecule has 0 unspecified atom stereocenters. The average molecular weight is 397 g/mol. The fourth-order valence-corrected chi connectivity index (χ4v) is 3.28. The number of furan rings is 1. The van der Waals surface area contributed by atoms with Crippen LogP contribution in [0.1, 0.15) is 12.8 Å². The summed E-state index contributed by atoms with van der Waals surface area (Å²) in [5, 5.41) is 3.09. The van der Waals surface area contributed by atoms with E-state index in [0.717, 1.165) is 24.2 Å². The first-order valence-electron chi connectivity index (χ1n) is 9.71. The van der Waals surface area contributed by atoms with Crippen LogP contribution in [0.2, 0.25) is 0 Å². The number of anilines is 4. The second-order valence-electron chi connectivity index (χ2n) is 6.92. The van der Waals surface area contributed by atoms with Crippen LogP contribution in [0.25, 0.3) is 0 Å². The summed E-state index contributed by atoms with van der Waals surface area (Å²) < 4.78 is 25.3. The van der Waals surface area contributed by atoms with Gasteiger partial charge in [-0.25, -0.2) is 9.37 Å². The summed E-state index contributed by atoms with van der Waals surface area (Å²) in [7, 11) is 1.68. The van der Waals surface area contributed by atoms with E-state index in [4.69, 9.17) is 9.15 Å². The lowest BCUT2D eigenvalue weighted by Crippen LogP contribution is -2.25. The van der Waals surface area contributed by atoms with Crippen molar-refractivity contribution < 1.29 is 13.5 Å². The Morgan fingerprint density at radius 1 is 1.21 bits per heavy atom. The Morgan fingerprint density at radius 2 is 2.00 bits per heavy atom. The molecule has 1 aliphatic rings. The monoisotopic (exact) mass is 397 g/mol. The smallest absolute Gasteiger partial charge is 0.229 e. The number of rotatable bonds is 8. The highest BCUT2D eigenvalue weighted by molar-refractivity contribution is 5.59. The van der Waals surface area contributed by atoms with E-state index in [1.165, 1.54) is 37.1 Å². The van der Waals surface area contributed by atoms with Gasteiger partial charge in [-0.2, -0.15) is 4.98 Å². The van der Waals surface area contributed by atoms with Crippen LogP contribution < -0.4 is 15.0 Å². The molecule has 0 saturated carbocycles. The molecule has 152 valence electrons. The number of nitrogens with zero attached hydrogens (tertiary/aromatic N) is 4. The normalized spacial score (nSPS) is 14.1. The molecule has 2 aromatic heterocycles. The third-order valence-corrected chi connectivity index (χ3v) is 4.87. The predicted octanol–water partition coefficient (Wildman–Crippen LogP) is 4.19. The van der Waals surface area contributed by atoms with Crippen molar-refractivity contribution in [2.75, 3.05) is 43.5 Å². The lowest BCUT2D eigenvalue weighted by molar-refractivity contribution is 0.238. The highest BCUT2D eigenvalue weighted by Gasteiger charge is 2.15. The van der Waals surface area contributed by atoms with Gasteiger partial charge in [0.2, 0.25) is 11.8 Å². The van der Waals surface area contributed by atoms with Gasteiger partial charge in [0.15, 0.2) is 11.6 Å². The summed E-state index contributed by atoms with van der Waals surface area (Å²) in [5.74, 6) is 1.19. The first-order chi connectivity index (χ1) is 14.2. The molecule has 0 aliphatic carbocycles. The second-order valence-corrected chi connectivity index (χ2v) is 6.92. The molecule has 4 rings (SSSR count). The van der Waals surface area contributed by atoms with Gasteiger partial charge in [0.1, 0.15) is 12.4 Å². The largest absolute Gasteiger partial charge is 0.492 e. The third-order valence-electron chi connectivity index (χ3n) is 4.87. The fourth-order valence-electron chi connectivity index (χ4n) is 3.28. The maximum Gasteiger partial charge on any atom is 0.229 e. The van der Waals surface area contributed by atoms with Crippen molar-refractivity contribution in [2.45, 2.75) is 12.8 Å². The molecule has 0 amide bonds. The molecule has 1 aromatic carbocycles. The Morgan fingerprint density at radius 3 is 2.72 bits per heavy atom. The quantitative estimate of drug-likeness (QED) is 0.611. The summed E-state index contributed by atoms with van der Waals surface area (Å²) in [6, 6.07) is 11.0. The first-order valence-corrected chi connectivity index (χ1v) is 9.71. The maximum atomic E-state index is 14.2. The second kappa shape index (κ2) is 8.91. The minimum Gasteiger partial charge on any atom is -0.492 e. The molecule has 8 heteroatoms. The van der Waals surface area contributed by atoms with Crippen molar-refractivity contribution in [3.8, 4) is 5.75 Å². The molecular weight excluding hydrogens is 373 g/mol. The van der Waals surface area contributed by atoms with Crippen molar-refractivity contribution in [3.05, 3.63) is 54.7 Å². The molecule has 0 radical (unpaired) electrons. The Bertz CT molecular complexity index is 911. The number of aromatic nitrogens is 2. The Balaban J connectivity index is 1.36. The van der Waals surface area contributed by atoms with Crippen LogP contribution in [-0.4, -0.2) is 48.2 Å². The Kier molecular flexibility index (Phi) is 5.90. The van der Waals surface area contributed by atoms with E-state index < -0.39 is 5.82 Å². The van der Waals surface area contributed by atoms with E-state index in [1.54, 1.807) is 19.2 Å². The van der Waals surface area contributed by atoms with Gasteiger partial charge in [0.25, 0.3) is 0 Å². The van der Waals surface area contributed by atoms with Crippen LogP contribution in [0.5, 0.6) is 5.75 Å². The number of hydrogen-bond donors (Lipinski definition) is 1. The summed E-state index contributed by atoms with van der Waals surface area (Å²) in [6.07, 6.45) is 5.23. The molecule has 29 heavy (non-hydrogen) atoms. The molecule has 0 bridgehead atoms. The third kappa shape index (κ3) is 4.83. The summed E-state index contributed by atoms with van der Waals surface area (Å²) >= 11 is 0. The van der Waals surface area contributed by atoms with Crippen LogP contribution in [0, 0.1) is 5.82 Å². The van der Waals surface area contributed by atoms with Crippen molar-refractivity contribution in [3.63, 3.8) is 0 Å². The zero-order chi connectivity index (χ0) is 20.1. The van der Waals surface area contributed by atoms with Crippen molar-refractivity contribution in [1.82, 2.24) is 14.9 Å². The predicted molar refractivity (Wildman–Crippen MR) is 110 cm³/mol. The van der Waals surface area contributed by atoms with Crippen LogP contribution in [0.4, 0.5) is 27.7 Å². The minimum atomic E-state index is -0.531. The van der Waals surface area contributed by atoms with E-state index in [2.05, 4.69) is 20.2 Å². The van der Waals surface area contributed by atoms with Crippen LogP contribution in [0.15, 0.2) is 53.3 Å². The SMILES string of the molecule is CN(c1ccco1)c1nc(Nc2ccc(OCCN3CCCC3)cc2)ncc1F. The van der Waals surface area contributed by atoms with E-state index in [0.29, 0.717) is 18.4 Å². The first kappa shape index (κ1) is 19.2. The van der Waals surface area contributed by atoms with E-state index in [9.17, 15) is 4.39 Å². The van der Waals surface area contributed by atoms with Gasteiger partial charge in [0.05, 0.1) is 12.5 Å². The summed E-state index contributed by atoms with van der Waals surface area (Å²) in [5.41, 5.74) is 0.787. The number of halogens is 1. The van der Waals surface area contributed by atoms with Gasteiger partial charge in [-0.15, -0.1) is 0 Å². The maximum absolute atomic E-state index is 14.2. The standard InChI is InChI=1S/C21H24FN5O2/c1-26(19-5-4-13-29-19)20-18(22)15-23-21(25-20)24-16-6-8-17(9-7-16)28-14-12-27-10-2-3-11-27/h4-9,13,15H,2-3,10-12,14H2,1H3,(H,23,24,25). The van der Waals surface area contributed by atoms with Gasteiger partial charge in [-0.3, -0.25) is 9.80 Å². The fraction of sp³-hybridized carbons (Fsp3) is 0.333. The number of likely N-dealkylation sites (tertiary alicyclic amines) is 1. The van der Waals surface area contributed by atoms with E-state index >= 15 is 0 Å². The Hall–Kier alpha value is -3.13. The van der Waals surface area contributed by atoms with Crippen molar-refractivity contribution >= 4 is 23.3 Å². The molecule has 1 saturated heterocycles. The molecular formula is C21H24FN5O2. The molecule has 0 atom stereocenters. The van der Waals surface area contributed by atoms with Crippen molar-refractivity contribution in [1.29, 1.82) is 0 Å². The topological polar surface area (TPSA) is 66.7 Å². The zero-order valence-corrected chi connectivity index (χ0v) is 16.3. The molecule has 7 nitrogen and oxygen atoms in total. The highest BCUT2D eigenvalue weighted by atomic mass is 19.1. The molecule has 1 N–H and O–H groups in total. The van der Waals surface area contributed by atoms with Crippen LogP contribution in [0.3, 0.4) is 0 Å². The van der Waals surface area contributed by atoms with E-state index in [-0.39, 0.29) is 5.82 Å². The highest BCUT2D eigenvalue weighted by Crippen LogP contribution is 2.26. The van der Waals surface area contributed by atoms with Gasteiger partial charge >= 0.3 is 0 Å². The molecule has 1 fully saturated rings. The Labute approximate surface area is 169 Å². The minimum absolute atomic E-state index is 0.124. The lowest BCUT2D eigenvalue weighted by atomic mass is 10.3. The number of nitrogens with one attached hydrogen (secondary N) is 1. The lowest BCUT2D eigenvalue weighted by Gasteiger charge is -2.16. The van der Waals surface area contributed by atoms with E-state index in [1.807, 2.05) is 24.3 Å².